The van der Waals surface area contributed by atoms with Crippen LogP contribution in [0.2, 0.25) is 0 Å². The Kier molecular flexibility index (Phi) is 10.7. The van der Waals surface area contributed by atoms with E-state index in [0.717, 1.165) is 24.3 Å². The zero-order chi connectivity index (χ0) is 39.0. The molecule has 0 aliphatic heterocycles. The number of alkyl halides is 15. The van der Waals surface area contributed by atoms with Crippen LogP contribution in [0.1, 0.15) is 10.4 Å². The lowest BCUT2D eigenvalue weighted by Crippen LogP contribution is -2.72. The van der Waals surface area contributed by atoms with E-state index >= 15 is 26.3 Å². The first-order valence-electron chi connectivity index (χ1n) is 14.4. The molecule has 0 heterocycles. The molecule has 0 bridgehead atoms. The lowest BCUT2D eigenvalue weighted by atomic mass is 9.90. The molecule has 0 atom stereocenters. The van der Waals surface area contributed by atoms with E-state index in [4.69, 9.17) is 0 Å². The molecule has 52 heavy (non-hydrogen) atoms. The molecule has 4 aromatic carbocycles. The van der Waals surface area contributed by atoms with Gasteiger partial charge in [0, 0.05) is 27.6 Å². The van der Waals surface area contributed by atoms with Gasteiger partial charge >= 0.3 is 41.7 Å². The van der Waals surface area contributed by atoms with Gasteiger partial charge in [-0.05, 0) is 0 Å². The van der Waals surface area contributed by atoms with E-state index < -0.39 is 71.9 Å². The lowest BCUT2D eigenvalue weighted by molar-refractivity contribution is -0.450. The number of hydrogen-bond donors (Lipinski definition) is 0. The van der Waals surface area contributed by atoms with Gasteiger partial charge in [-0.25, -0.2) is 0 Å². The van der Waals surface area contributed by atoms with E-state index in [2.05, 4.69) is 4.74 Å². The quantitative estimate of drug-likeness (QED) is 0.0610. The number of allylic oxidation sites excluding steroid dienone is 2. The molecule has 278 valence electrons. The second-order valence-corrected chi connectivity index (χ2v) is 14.0. The van der Waals surface area contributed by atoms with E-state index in [1.165, 1.54) is 97.1 Å². The molecular formula is C34H21F15NOP. The summed E-state index contributed by atoms with van der Waals surface area (Å²) in [6.07, 6.45) is -8.20. The van der Waals surface area contributed by atoms with Crippen LogP contribution in [0.15, 0.2) is 138 Å². The van der Waals surface area contributed by atoms with Crippen LogP contribution in [0.25, 0.3) is 0 Å². The SMILES string of the molecule is O=C(/C=C(\N=P(c1ccccc1)(c1ccccc1)c1ccccc1)C(F)(F)C(F)(F)C(F)(F)C(F)(F)C(F)(F)C(F)(F)C(F)(F)F)c1ccccc1. The summed E-state index contributed by atoms with van der Waals surface area (Å²) in [5, 5.41) is -0.297. The molecular weight excluding hydrogens is 754 g/mol. The number of carbonyl (C=O) groups is 1. The Bertz CT molecular complexity index is 1840. The summed E-state index contributed by atoms with van der Waals surface area (Å²) >= 11 is 0. The number of hydrogen-bond acceptors (Lipinski definition) is 2. The molecule has 4 aromatic rings. The standard InChI is InChI=1S/C34H21F15NOP/c35-28(36,29(37,38)30(39,40)31(41,42)32(43,44)33(45,46)34(47,48)49)27(21-26(51)22-13-5-1-6-14-22)50-52(23-15-7-2-8-16-23,24-17-9-3-10-18-24)25-19-11-4-12-20-25/h1-21H/b27-21-. The highest BCUT2D eigenvalue weighted by molar-refractivity contribution is 7.87. The second kappa shape index (κ2) is 13.8. The zero-order valence-electron chi connectivity index (χ0n) is 25.6. The monoisotopic (exact) mass is 775 g/mol. The first-order valence-corrected chi connectivity index (χ1v) is 16.1. The fourth-order valence-corrected chi connectivity index (χ4v) is 8.39. The van der Waals surface area contributed by atoms with Crippen molar-refractivity contribution in [3.8, 4) is 0 Å². The van der Waals surface area contributed by atoms with Crippen molar-refractivity contribution in [3.63, 3.8) is 0 Å². The molecule has 0 spiro atoms. The van der Waals surface area contributed by atoms with Gasteiger partial charge in [-0.15, -0.1) is 0 Å². The van der Waals surface area contributed by atoms with Crippen LogP contribution in [0, 0.1) is 0 Å². The summed E-state index contributed by atoms with van der Waals surface area (Å²) in [6.45, 7) is 0. The maximum atomic E-state index is 16.2. The molecule has 0 radical (unpaired) electrons. The average molecular weight is 775 g/mol. The van der Waals surface area contributed by atoms with Gasteiger partial charge in [0.1, 0.15) is 5.70 Å². The van der Waals surface area contributed by atoms with E-state index in [1.54, 1.807) is 0 Å². The summed E-state index contributed by atoms with van der Waals surface area (Å²) in [5.41, 5.74) is -3.32. The minimum absolute atomic E-state index is 0.0991. The van der Waals surface area contributed by atoms with Crippen LogP contribution in [0.4, 0.5) is 65.9 Å². The normalized spacial score (nSPS) is 14.2. The van der Waals surface area contributed by atoms with Gasteiger partial charge in [0.2, 0.25) is 0 Å². The number of carbonyl (C=O) groups excluding carboxylic acids is 1. The predicted molar refractivity (Wildman–Crippen MR) is 162 cm³/mol. The van der Waals surface area contributed by atoms with Crippen molar-refractivity contribution < 1.29 is 70.7 Å². The fraction of sp³-hybridized carbons (Fsp3) is 0.206. The minimum Gasteiger partial charge on any atom is -0.289 e. The molecule has 0 aliphatic carbocycles. The molecule has 0 N–H and O–H groups in total. The molecule has 0 fully saturated rings. The molecule has 4 rings (SSSR count). The number of ketones is 1. The van der Waals surface area contributed by atoms with Crippen LogP contribution < -0.4 is 15.9 Å². The molecule has 2 nitrogen and oxygen atoms in total. The van der Waals surface area contributed by atoms with Crippen LogP contribution >= 0.6 is 7.05 Å². The first kappa shape index (κ1) is 40.2. The van der Waals surface area contributed by atoms with Crippen LogP contribution in [-0.4, -0.2) is 47.5 Å². The summed E-state index contributed by atoms with van der Waals surface area (Å²) in [7, 11) is -4.36. The molecule has 18 heteroatoms. The molecule has 0 aliphatic rings. The first-order chi connectivity index (χ1) is 23.9. The van der Waals surface area contributed by atoms with Gasteiger partial charge in [-0.3, -0.25) is 9.54 Å². The van der Waals surface area contributed by atoms with Gasteiger partial charge in [-0.2, -0.15) is 65.9 Å². The van der Waals surface area contributed by atoms with Crippen LogP contribution in [0.3, 0.4) is 0 Å². The Labute approximate surface area is 284 Å². The number of benzene rings is 4. The zero-order valence-corrected chi connectivity index (χ0v) is 26.5. The smallest absolute Gasteiger partial charge is 0.289 e. The summed E-state index contributed by atoms with van der Waals surface area (Å²) in [5.74, 6) is -50.1. The fourth-order valence-electron chi connectivity index (χ4n) is 4.83. The number of rotatable bonds is 12. The Hall–Kier alpha value is -4.53. The van der Waals surface area contributed by atoms with Crippen molar-refractivity contribution >= 4 is 28.8 Å². The van der Waals surface area contributed by atoms with Crippen LogP contribution in [0.5, 0.6) is 0 Å². The van der Waals surface area contributed by atoms with Crippen LogP contribution in [-0.2, 0) is 0 Å². The lowest BCUT2D eigenvalue weighted by Gasteiger charge is -2.41. The molecule has 0 aromatic heterocycles. The maximum Gasteiger partial charge on any atom is 0.460 e. The predicted octanol–water partition coefficient (Wildman–Crippen LogP) is 10.3. The summed E-state index contributed by atoms with van der Waals surface area (Å²) in [4.78, 5) is 13.2. The van der Waals surface area contributed by atoms with E-state index in [0.29, 0.717) is 0 Å². The highest BCUT2D eigenvalue weighted by Gasteiger charge is 2.93. The molecule has 0 saturated carbocycles. The Morgan fingerprint density at radius 3 is 1.10 bits per heavy atom. The Morgan fingerprint density at radius 2 is 0.750 bits per heavy atom. The third-order valence-corrected chi connectivity index (χ3v) is 11.3. The second-order valence-electron chi connectivity index (χ2n) is 10.9. The van der Waals surface area contributed by atoms with Crippen molar-refractivity contribution in [2.45, 2.75) is 41.7 Å². The van der Waals surface area contributed by atoms with Crippen molar-refractivity contribution in [2.75, 3.05) is 0 Å². The highest BCUT2D eigenvalue weighted by atomic mass is 31.2. The highest BCUT2D eigenvalue weighted by Crippen LogP contribution is 2.64. The van der Waals surface area contributed by atoms with E-state index in [9.17, 15) is 44.3 Å². The number of nitrogens with zero attached hydrogens (tertiary/aromatic N) is 1. The topological polar surface area (TPSA) is 29.4 Å². The van der Waals surface area contributed by atoms with E-state index in [1.807, 2.05) is 0 Å². The largest absolute Gasteiger partial charge is 0.460 e. The van der Waals surface area contributed by atoms with Crippen molar-refractivity contribution in [1.29, 1.82) is 0 Å². The maximum absolute atomic E-state index is 16.2. The number of halogens is 15. The molecule has 0 amide bonds. The van der Waals surface area contributed by atoms with Gasteiger partial charge in [0.25, 0.3) is 0 Å². The molecule has 0 unspecified atom stereocenters. The van der Waals surface area contributed by atoms with Gasteiger partial charge in [-0.1, -0.05) is 121 Å². The third-order valence-electron chi connectivity index (χ3n) is 7.62. The van der Waals surface area contributed by atoms with Crippen molar-refractivity contribution in [3.05, 3.63) is 139 Å². The van der Waals surface area contributed by atoms with Crippen molar-refractivity contribution in [2.24, 2.45) is 4.74 Å². The van der Waals surface area contributed by atoms with Gasteiger partial charge in [0.05, 0.1) is 7.05 Å². The minimum atomic E-state index is -8.52. The summed E-state index contributed by atoms with van der Waals surface area (Å²) < 4.78 is 220. The Morgan fingerprint density at radius 1 is 0.442 bits per heavy atom. The third kappa shape index (κ3) is 6.41. The summed E-state index contributed by atoms with van der Waals surface area (Å²) in [6, 6.07) is 24.9. The molecule has 0 saturated heterocycles. The average Bonchev–Trinajstić information content (AvgIpc) is 3.10. The Balaban J connectivity index is 2.15. The van der Waals surface area contributed by atoms with Gasteiger partial charge in [0.15, 0.2) is 5.78 Å². The van der Waals surface area contributed by atoms with E-state index in [-0.39, 0.29) is 15.9 Å². The van der Waals surface area contributed by atoms with Crippen molar-refractivity contribution in [1.82, 2.24) is 0 Å². The van der Waals surface area contributed by atoms with Gasteiger partial charge < -0.3 is 0 Å².